The fourth-order valence-corrected chi connectivity index (χ4v) is 1.59. The lowest BCUT2D eigenvalue weighted by atomic mass is 10.1. The van der Waals surface area contributed by atoms with Crippen LogP contribution < -0.4 is 10.6 Å². The molecule has 1 amide bonds. The summed E-state index contributed by atoms with van der Waals surface area (Å²) in [6.45, 7) is 4.39. The van der Waals surface area contributed by atoms with E-state index >= 15 is 0 Å². The van der Waals surface area contributed by atoms with Crippen LogP contribution >= 0.6 is 0 Å². The topological polar surface area (TPSA) is 41.1 Å². The highest BCUT2D eigenvalue weighted by molar-refractivity contribution is 5.78. The zero-order valence-electron chi connectivity index (χ0n) is 10.5. The first-order valence-corrected chi connectivity index (χ1v) is 5.75. The molecule has 94 valence electrons. The third kappa shape index (κ3) is 4.15. The fraction of sp³-hybridized carbons (Fsp3) is 0.462. The van der Waals surface area contributed by atoms with Gasteiger partial charge < -0.3 is 10.6 Å². The van der Waals surface area contributed by atoms with Crippen molar-refractivity contribution in [1.29, 1.82) is 0 Å². The molecule has 0 saturated carbocycles. The summed E-state index contributed by atoms with van der Waals surface area (Å²) in [5.74, 6) is -0.352. The van der Waals surface area contributed by atoms with Gasteiger partial charge in [-0.1, -0.05) is 19.1 Å². The quantitative estimate of drug-likeness (QED) is 0.822. The standard InChI is InChI=1S/C13H19FN2O/c1-9(8-15-3)13(17)16-10(2)11-4-6-12(14)7-5-11/h4-7,9-10,15H,8H2,1-3H3,(H,16,17)/t9?,10-/m1/s1. The Kier molecular flexibility index (Phi) is 5.10. The summed E-state index contributed by atoms with van der Waals surface area (Å²) in [6.07, 6.45) is 0. The molecule has 0 aliphatic rings. The van der Waals surface area contributed by atoms with Crippen LogP contribution in [0.2, 0.25) is 0 Å². The van der Waals surface area contributed by atoms with E-state index in [2.05, 4.69) is 10.6 Å². The van der Waals surface area contributed by atoms with Crippen LogP contribution in [-0.4, -0.2) is 19.5 Å². The third-order valence-electron chi connectivity index (χ3n) is 2.69. The van der Waals surface area contributed by atoms with E-state index in [0.717, 1.165) is 5.56 Å². The van der Waals surface area contributed by atoms with Crippen molar-refractivity contribution >= 4 is 5.91 Å². The zero-order valence-corrected chi connectivity index (χ0v) is 10.5. The van der Waals surface area contributed by atoms with Gasteiger partial charge in [0.05, 0.1) is 6.04 Å². The summed E-state index contributed by atoms with van der Waals surface area (Å²) >= 11 is 0. The van der Waals surface area contributed by atoms with Crippen LogP contribution in [0.4, 0.5) is 4.39 Å². The van der Waals surface area contributed by atoms with E-state index < -0.39 is 0 Å². The predicted molar refractivity (Wildman–Crippen MR) is 66.0 cm³/mol. The minimum absolute atomic E-state index is 0.00354. The van der Waals surface area contributed by atoms with E-state index in [1.54, 1.807) is 12.1 Å². The number of amides is 1. The maximum Gasteiger partial charge on any atom is 0.224 e. The molecule has 0 aliphatic carbocycles. The molecule has 0 fully saturated rings. The Bertz CT molecular complexity index is 364. The number of nitrogens with one attached hydrogen (secondary N) is 2. The van der Waals surface area contributed by atoms with Crippen molar-refractivity contribution in [3.05, 3.63) is 35.6 Å². The largest absolute Gasteiger partial charge is 0.349 e. The van der Waals surface area contributed by atoms with Crippen molar-refractivity contribution in [2.45, 2.75) is 19.9 Å². The molecule has 0 radical (unpaired) electrons. The molecule has 0 spiro atoms. The number of benzene rings is 1. The Morgan fingerprint density at radius 3 is 2.41 bits per heavy atom. The first-order valence-electron chi connectivity index (χ1n) is 5.75. The molecule has 2 N–H and O–H groups in total. The van der Waals surface area contributed by atoms with Crippen LogP contribution in [0.25, 0.3) is 0 Å². The highest BCUT2D eigenvalue weighted by Gasteiger charge is 2.15. The molecule has 1 aromatic carbocycles. The Hall–Kier alpha value is -1.42. The Labute approximate surface area is 101 Å². The van der Waals surface area contributed by atoms with E-state index in [0.29, 0.717) is 6.54 Å². The predicted octanol–water partition coefficient (Wildman–Crippen LogP) is 1.86. The SMILES string of the molecule is CNCC(C)C(=O)N[C@H](C)c1ccc(F)cc1. The van der Waals surface area contributed by atoms with Crippen molar-refractivity contribution in [3.8, 4) is 0 Å². The molecule has 0 saturated heterocycles. The van der Waals surface area contributed by atoms with Crippen LogP contribution in [0.15, 0.2) is 24.3 Å². The molecule has 0 aromatic heterocycles. The average Bonchev–Trinajstić information content (AvgIpc) is 2.30. The molecular weight excluding hydrogens is 219 g/mol. The number of hydrogen-bond donors (Lipinski definition) is 2. The monoisotopic (exact) mass is 238 g/mol. The van der Waals surface area contributed by atoms with Crippen molar-refractivity contribution in [2.75, 3.05) is 13.6 Å². The van der Waals surface area contributed by atoms with Crippen molar-refractivity contribution < 1.29 is 9.18 Å². The molecule has 3 nitrogen and oxygen atoms in total. The van der Waals surface area contributed by atoms with E-state index in [9.17, 15) is 9.18 Å². The van der Waals surface area contributed by atoms with Crippen LogP contribution in [-0.2, 0) is 4.79 Å². The Morgan fingerprint density at radius 2 is 1.88 bits per heavy atom. The van der Waals surface area contributed by atoms with Gasteiger partial charge in [0.15, 0.2) is 0 Å². The summed E-state index contributed by atoms with van der Waals surface area (Å²) in [7, 11) is 1.81. The minimum atomic E-state index is -0.268. The molecular formula is C13H19FN2O. The van der Waals surface area contributed by atoms with Crippen LogP contribution in [0.3, 0.4) is 0 Å². The summed E-state index contributed by atoms with van der Waals surface area (Å²) in [5.41, 5.74) is 0.899. The molecule has 0 heterocycles. The third-order valence-corrected chi connectivity index (χ3v) is 2.69. The molecule has 1 unspecified atom stereocenters. The maximum atomic E-state index is 12.7. The van der Waals surface area contributed by atoms with Crippen molar-refractivity contribution in [2.24, 2.45) is 5.92 Å². The summed E-state index contributed by atoms with van der Waals surface area (Å²) in [6, 6.07) is 6.05. The summed E-state index contributed by atoms with van der Waals surface area (Å²) in [4.78, 5) is 11.8. The van der Waals surface area contributed by atoms with Gasteiger partial charge in [-0.2, -0.15) is 0 Å². The lowest BCUT2D eigenvalue weighted by Crippen LogP contribution is -2.35. The van der Waals surface area contributed by atoms with Gasteiger partial charge in [-0.25, -0.2) is 4.39 Å². The second-order valence-electron chi connectivity index (χ2n) is 4.24. The Morgan fingerprint density at radius 1 is 1.29 bits per heavy atom. The van der Waals surface area contributed by atoms with Crippen molar-refractivity contribution in [1.82, 2.24) is 10.6 Å². The lowest BCUT2D eigenvalue weighted by molar-refractivity contribution is -0.125. The number of carbonyl (C=O) groups excluding carboxylic acids is 1. The van der Waals surface area contributed by atoms with Gasteiger partial charge in [-0.15, -0.1) is 0 Å². The van der Waals surface area contributed by atoms with Gasteiger partial charge in [0, 0.05) is 12.5 Å². The van der Waals surface area contributed by atoms with E-state index in [-0.39, 0.29) is 23.7 Å². The van der Waals surface area contributed by atoms with E-state index in [4.69, 9.17) is 0 Å². The second-order valence-corrected chi connectivity index (χ2v) is 4.24. The van der Waals surface area contributed by atoms with Gasteiger partial charge in [-0.3, -0.25) is 4.79 Å². The summed E-state index contributed by atoms with van der Waals surface area (Å²) in [5, 5.41) is 5.86. The molecule has 1 aromatic rings. The second kappa shape index (κ2) is 6.35. The fourth-order valence-electron chi connectivity index (χ4n) is 1.59. The lowest BCUT2D eigenvalue weighted by Gasteiger charge is -2.17. The van der Waals surface area contributed by atoms with Crippen molar-refractivity contribution in [3.63, 3.8) is 0 Å². The van der Waals surface area contributed by atoms with Gasteiger partial charge >= 0.3 is 0 Å². The minimum Gasteiger partial charge on any atom is -0.349 e. The summed E-state index contributed by atoms with van der Waals surface area (Å²) < 4.78 is 12.7. The number of rotatable bonds is 5. The normalized spacial score (nSPS) is 14.1. The zero-order chi connectivity index (χ0) is 12.8. The maximum absolute atomic E-state index is 12.7. The van der Waals surface area contributed by atoms with Crippen LogP contribution in [0.5, 0.6) is 0 Å². The molecule has 4 heteroatoms. The van der Waals surface area contributed by atoms with Gasteiger partial charge in [0.2, 0.25) is 5.91 Å². The van der Waals surface area contributed by atoms with Crippen LogP contribution in [0, 0.1) is 11.7 Å². The van der Waals surface area contributed by atoms with Gasteiger partial charge in [0.1, 0.15) is 5.82 Å². The highest BCUT2D eigenvalue weighted by Crippen LogP contribution is 2.13. The van der Waals surface area contributed by atoms with Gasteiger partial charge in [0.25, 0.3) is 0 Å². The first-order chi connectivity index (χ1) is 8.04. The molecule has 0 bridgehead atoms. The molecule has 1 rings (SSSR count). The van der Waals surface area contributed by atoms with E-state index in [1.807, 2.05) is 20.9 Å². The number of hydrogen-bond acceptors (Lipinski definition) is 2. The smallest absolute Gasteiger partial charge is 0.224 e. The van der Waals surface area contributed by atoms with Gasteiger partial charge in [-0.05, 0) is 31.7 Å². The Balaban J connectivity index is 2.57. The molecule has 17 heavy (non-hydrogen) atoms. The van der Waals surface area contributed by atoms with E-state index in [1.165, 1.54) is 12.1 Å². The number of carbonyl (C=O) groups is 1. The first kappa shape index (κ1) is 13.6. The number of halogens is 1. The molecule has 2 atom stereocenters. The average molecular weight is 238 g/mol. The highest BCUT2D eigenvalue weighted by atomic mass is 19.1. The molecule has 0 aliphatic heterocycles. The van der Waals surface area contributed by atoms with Crippen LogP contribution in [0.1, 0.15) is 25.5 Å².